The van der Waals surface area contributed by atoms with Gasteiger partial charge in [-0.2, -0.15) is 0 Å². The second-order valence-electron chi connectivity index (χ2n) is 4.99. The zero-order valence-electron chi connectivity index (χ0n) is 11.3. The Morgan fingerprint density at radius 3 is 2.58 bits per heavy atom. The first-order chi connectivity index (χ1) is 9.06. The third kappa shape index (κ3) is 2.53. The molecule has 1 aromatic rings. The van der Waals surface area contributed by atoms with E-state index in [9.17, 15) is 14.0 Å². The van der Waals surface area contributed by atoms with Crippen LogP contribution in [0.3, 0.4) is 0 Å². The van der Waals surface area contributed by atoms with Gasteiger partial charge in [0.25, 0.3) is 11.7 Å². The van der Waals surface area contributed by atoms with Crippen LogP contribution in [0.5, 0.6) is 0 Å². The van der Waals surface area contributed by atoms with E-state index in [-0.39, 0.29) is 11.3 Å². The highest BCUT2D eigenvalue weighted by atomic mass is 19.1. The van der Waals surface area contributed by atoms with Crippen molar-refractivity contribution in [2.75, 3.05) is 11.4 Å². The number of Topliss-reactive ketones (excluding diaryl/α,β-unsaturated/α-hetero) is 1. The number of carbonyl (C=O) groups excluding carboxylic acids is 2. The molecule has 0 fully saturated rings. The van der Waals surface area contributed by atoms with E-state index in [0.29, 0.717) is 12.1 Å². The summed E-state index contributed by atoms with van der Waals surface area (Å²) in [6.45, 7) is 4.23. The van der Waals surface area contributed by atoms with Gasteiger partial charge in [0, 0.05) is 6.54 Å². The molecule has 0 bridgehead atoms. The minimum atomic E-state index is -0.601. The standard InChI is InChI=1S/C15H18FNO2/c1-3-4-5-6-7-17-13-11(14(18)15(17)19)8-10(2)9-12(13)16/h8-9H,3-7H2,1-2H3. The molecule has 1 aromatic carbocycles. The molecule has 0 unspecified atom stereocenters. The first-order valence-corrected chi connectivity index (χ1v) is 6.72. The van der Waals surface area contributed by atoms with Gasteiger partial charge in [0.15, 0.2) is 0 Å². The Kier molecular flexibility index (Phi) is 3.98. The lowest BCUT2D eigenvalue weighted by molar-refractivity contribution is -0.114. The summed E-state index contributed by atoms with van der Waals surface area (Å²) in [6.07, 6.45) is 3.95. The van der Waals surface area contributed by atoms with Crippen molar-refractivity contribution in [2.24, 2.45) is 0 Å². The monoisotopic (exact) mass is 263 g/mol. The minimum absolute atomic E-state index is 0.164. The van der Waals surface area contributed by atoms with Gasteiger partial charge in [-0.1, -0.05) is 26.2 Å². The molecular weight excluding hydrogens is 245 g/mol. The largest absolute Gasteiger partial charge is 0.302 e. The fourth-order valence-electron chi connectivity index (χ4n) is 2.43. The molecule has 0 aromatic heterocycles. The van der Waals surface area contributed by atoms with Gasteiger partial charge >= 0.3 is 0 Å². The van der Waals surface area contributed by atoms with E-state index < -0.39 is 17.5 Å². The van der Waals surface area contributed by atoms with Crippen LogP contribution in [-0.2, 0) is 4.79 Å². The number of hydrogen-bond acceptors (Lipinski definition) is 2. The zero-order valence-corrected chi connectivity index (χ0v) is 11.3. The fourth-order valence-corrected chi connectivity index (χ4v) is 2.43. The molecule has 0 aliphatic carbocycles. The molecule has 0 spiro atoms. The molecule has 0 radical (unpaired) electrons. The number of ketones is 1. The third-order valence-electron chi connectivity index (χ3n) is 3.40. The Morgan fingerprint density at radius 1 is 1.16 bits per heavy atom. The van der Waals surface area contributed by atoms with Crippen LogP contribution in [0, 0.1) is 12.7 Å². The van der Waals surface area contributed by atoms with Crippen LogP contribution in [0.15, 0.2) is 12.1 Å². The van der Waals surface area contributed by atoms with E-state index in [4.69, 9.17) is 0 Å². The highest BCUT2D eigenvalue weighted by Crippen LogP contribution is 2.33. The number of amides is 1. The molecule has 19 heavy (non-hydrogen) atoms. The summed E-state index contributed by atoms with van der Waals surface area (Å²) in [5.74, 6) is -1.67. The van der Waals surface area contributed by atoms with Crippen molar-refractivity contribution in [1.29, 1.82) is 0 Å². The topological polar surface area (TPSA) is 37.4 Å². The quantitative estimate of drug-likeness (QED) is 0.604. The maximum Gasteiger partial charge on any atom is 0.299 e. The van der Waals surface area contributed by atoms with E-state index in [1.807, 2.05) is 0 Å². The number of unbranched alkanes of at least 4 members (excludes halogenated alkanes) is 3. The first-order valence-electron chi connectivity index (χ1n) is 6.72. The minimum Gasteiger partial charge on any atom is -0.302 e. The third-order valence-corrected chi connectivity index (χ3v) is 3.40. The fraction of sp³-hybridized carbons (Fsp3) is 0.467. The second kappa shape index (κ2) is 5.51. The summed E-state index contributed by atoms with van der Waals surface area (Å²) in [5.41, 5.74) is 1.03. The Hall–Kier alpha value is -1.71. The summed E-state index contributed by atoms with van der Waals surface area (Å²) < 4.78 is 14.0. The lowest BCUT2D eigenvalue weighted by Gasteiger charge is -2.17. The van der Waals surface area contributed by atoms with Crippen LogP contribution in [0.1, 0.15) is 48.5 Å². The van der Waals surface area contributed by atoms with Crippen molar-refractivity contribution < 1.29 is 14.0 Å². The van der Waals surface area contributed by atoms with Crippen LogP contribution in [0.2, 0.25) is 0 Å². The summed E-state index contributed by atoms with van der Waals surface area (Å²) in [7, 11) is 0. The van der Waals surface area contributed by atoms with E-state index in [0.717, 1.165) is 25.7 Å². The van der Waals surface area contributed by atoms with Crippen LogP contribution in [0.4, 0.5) is 10.1 Å². The van der Waals surface area contributed by atoms with Crippen molar-refractivity contribution in [3.63, 3.8) is 0 Å². The van der Waals surface area contributed by atoms with Crippen molar-refractivity contribution >= 4 is 17.4 Å². The lowest BCUT2D eigenvalue weighted by atomic mass is 10.1. The maximum absolute atomic E-state index is 14.0. The molecular formula is C15H18FNO2. The van der Waals surface area contributed by atoms with Crippen LogP contribution in [-0.4, -0.2) is 18.2 Å². The number of rotatable bonds is 5. The van der Waals surface area contributed by atoms with Crippen molar-refractivity contribution in [1.82, 2.24) is 0 Å². The molecule has 1 aliphatic rings. The van der Waals surface area contributed by atoms with Crippen LogP contribution < -0.4 is 4.90 Å². The number of halogens is 1. The maximum atomic E-state index is 14.0. The van der Waals surface area contributed by atoms with Gasteiger partial charge in [-0.3, -0.25) is 9.59 Å². The van der Waals surface area contributed by atoms with Gasteiger partial charge in [0.1, 0.15) is 5.82 Å². The number of fused-ring (bicyclic) bond motifs is 1. The smallest absolute Gasteiger partial charge is 0.299 e. The SMILES string of the molecule is CCCCCCN1C(=O)C(=O)c2cc(C)cc(F)c21. The summed E-state index contributed by atoms with van der Waals surface area (Å²) in [5, 5.41) is 0. The Labute approximate surface area is 112 Å². The lowest BCUT2D eigenvalue weighted by Crippen LogP contribution is -2.31. The van der Waals surface area contributed by atoms with Gasteiger partial charge in [-0.15, -0.1) is 0 Å². The van der Waals surface area contributed by atoms with Gasteiger partial charge in [0.05, 0.1) is 11.3 Å². The van der Waals surface area contributed by atoms with E-state index >= 15 is 0 Å². The summed E-state index contributed by atoms with van der Waals surface area (Å²) >= 11 is 0. The number of carbonyl (C=O) groups is 2. The molecule has 0 N–H and O–H groups in total. The Bertz CT molecular complexity index is 525. The normalized spacial score (nSPS) is 14.2. The van der Waals surface area contributed by atoms with E-state index in [1.54, 1.807) is 13.0 Å². The summed E-state index contributed by atoms with van der Waals surface area (Å²) in [6, 6.07) is 2.95. The van der Waals surface area contributed by atoms with E-state index in [1.165, 1.54) is 11.0 Å². The predicted octanol–water partition coefficient (Wildman–Crippen LogP) is 3.24. The molecule has 3 nitrogen and oxygen atoms in total. The molecule has 1 heterocycles. The highest BCUT2D eigenvalue weighted by Gasteiger charge is 2.37. The molecule has 102 valence electrons. The molecule has 1 aliphatic heterocycles. The number of hydrogen-bond donors (Lipinski definition) is 0. The predicted molar refractivity (Wildman–Crippen MR) is 72.0 cm³/mol. The average Bonchev–Trinajstić information content (AvgIpc) is 2.60. The van der Waals surface area contributed by atoms with Crippen molar-refractivity contribution in [3.05, 3.63) is 29.1 Å². The van der Waals surface area contributed by atoms with Crippen LogP contribution >= 0.6 is 0 Å². The first kappa shape index (κ1) is 13.7. The number of aryl methyl sites for hydroxylation is 1. The number of nitrogens with zero attached hydrogens (tertiary/aromatic N) is 1. The van der Waals surface area contributed by atoms with Gasteiger partial charge in [-0.25, -0.2) is 4.39 Å². The Balaban J connectivity index is 2.23. The Morgan fingerprint density at radius 2 is 1.89 bits per heavy atom. The molecule has 0 saturated heterocycles. The molecule has 1 amide bonds. The summed E-state index contributed by atoms with van der Waals surface area (Å²) in [4.78, 5) is 25.0. The highest BCUT2D eigenvalue weighted by molar-refractivity contribution is 6.52. The van der Waals surface area contributed by atoms with Gasteiger partial charge in [-0.05, 0) is 31.0 Å². The molecule has 4 heteroatoms. The van der Waals surface area contributed by atoms with Crippen molar-refractivity contribution in [2.45, 2.75) is 39.5 Å². The number of anilines is 1. The van der Waals surface area contributed by atoms with E-state index in [2.05, 4.69) is 6.92 Å². The molecule has 2 rings (SSSR count). The van der Waals surface area contributed by atoms with Crippen molar-refractivity contribution in [3.8, 4) is 0 Å². The van der Waals surface area contributed by atoms with Gasteiger partial charge < -0.3 is 4.90 Å². The zero-order chi connectivity index (χ0) is 14.0. The molecule has 0 saturated carbocycles. The second-order valence-corrected chi connectivity index (χ2v) is 4.99. The van der Waals surface area contributed by atoms with Gasteiger partial charge in [0.2, 0.25) is 0 Å². The number of benzene rings is 1. The average molecular weight is 263 g/mol. The molecule has 0 atom stereocenters. The van der Waals surface area contributed by atoms with Crippen LogP contribution in [0.25, 0.3) is 0 Å².